The molecule has 27 heavy (non-hydrogen) atoms. The van der Waals surface area contributed by atoms with E-state index in [0.717, 1.165) is 11.4 Å². The fourth-order valence-electron chi connectivity index (χ4n) is 3.21. The third kappa shape index (κ3) is 4.87. The lowest BCUT2D eigenvalue weighted by Crippen LogP contribution is -2.45. The van der Waals surface area contributed by atoms with Crippen LogP contribution in [-0.2, 0) is 14.8 Å². The van der Waals surface area contributed by atoms with Crippen LogP contribution in [0.4, 0.5) is 5.69 Å². The van der Waals surface area contributed by atoms with Gasteiger partial charge in [0, 0.05) is 25.8 Å². The van der Waals surface area contributed by atoms with E-state index in [4.69, 9.17) is 4.74 Å². The van der Waals surface area contributed by atoms with Gasteiger partial charge < -0.3 is 9.64 Å². The molecule has 1 amide bonds. The summed E-state index contributed by atoms with van der Waals surface area (Å²) in [7, 11) is -1.55. The molecule has 1 aliphatic heterocycles. The summed E-state index contributed by atoms with van der Waals surface area (Å²) in [6.45, 7) is 0.731. The Morgan fingerprint density at radius 1 is 1.07 bits per heavy atom. The molecule has 0 radical (unpaired) electrons. The van der Waals surface area contributed by atoms with Crippen molar-refractivity contribution in [3.05, 3.63) is 54.6 Å². The number of carbonyl (C=O) groups is 1. The summed E-state index contributed by atoms with van der Waals surface area (Å²) in [5.41, 5.74) is 0.747. The zero-order valence-corrected chi connectivity index (χ0v) is 16.4. The van der Waals surface area contributed by atoms with Gasteiger partial charge in [0.2, 0.25) is 15.9 Å². The second-order valence-corrected chi connectivity index (χ2v) is 8.75. The van der Waals surface area contributed by atoms with Crippen LogP contribution in [0.15, 0.2) is 54.6 Å². The molecule has 1 heterocycles. The van der Waals surface area contributed by atoms with Gasteiger partial charge in [-0.15, -0.1) is 0 Å². The third-order valence-electron chi connectivity index (χ3n) is 4.74. The van der Waals surface area contributed by atoms with Gasteiger partial charge >= 0.3 is 0 Å². The van der Waals surface area contributed by atoms with Gasteiger partial charge in [0.05, 0.1) is 12.2 Å². The van der Waals surface area contributed by atoms with Gasteiger partial charge in [-0.1, -0.05) is 18.2 Å². The number of benzene rings is 2. The maximum atomic E-state index is 12.8. The molecule has 1 aliphatic rings. The molecule has 144 valence electrons. The van der Waals surface area contributed by atoms with Crippen LogP contribution >= 0.6 is 0 Å². The van der Waals surface area contributed by atoms with Gasteiger partial charge in [-0.2, -0.15) is 0 Å². The van der Waals surface area contributed by atoms with Gasteiger partial charge in [-0.05, 0) is 49.2 Å². The van der Waals surface area contributed by atoms with E-state index in [1.165, 1.54) is 10.6 Å². The molecule has 1 atom stereocenters. The van der Waals surface area contributed by atoms with Crippen LogP contribution in [0.3, 0.4) is 0 Å². The molecule has 0 spiro atoms. The standard InChI is InChI=1S/C20H24N2O4S/c1-21(20(23)16-7-6-14-22(15-16)27(2,24)25)17-10-12-19(13-11-17)26-18-8-4-3-5-9-18/h3-5,8-13,16H,6-7,14-15H2,1-2H3/t16-/m1/s1. The van der Waals surface area contributed by atoms with Crippen LogP contribution in [-0.4, -0.2) is 45.0 Å². The molecule has 0 bridgehead atoms. The molecule has 0 N–H and O–H groups in total. The van der Waals surface area contributed by atoms with E-state index in [0.29, 0.717) is 25.1 Å². The predicted octanol–water partition coefficient (Wildman–Crippen LogP) is 3.11. The lowest BCUT2D eigenvalue weighted by atomic mass is 9.98. The van der Waals surface area contributed by atoms with Gasteiger partial charge in [-0.3, -0.25) is 4.79 Å². The molecule has 2 aromatic carbocycles. The van der Waals surface area contributed by atoms with E-state index < -0.39 is 10.0 Å². The van der Waals surface area contributed by atoms with Crippen molar-refractivity contribution in [2.24, 2.45) is 5.92 Å². The van der Waals surface area contributed by atoms with E-state index in [2.05, 4.69) is 0 Å². The quantitative estimate of drug-likeness (QED) is 0.789. The molecular weight excluding hydrogens is 364 g/mol. The van der Waals surface area contributed by atoms with Crippen LogP contribution in [0.25, 0.3) is 0 Å². The van der Waals surface area contributed by atoms with Crippen molar-refractivity contribution in [1.82, 2.24) is 4.31 Å². The number of amides is 1. The highest BCUT2D eigenvalue weighted by Crippen LogP contribution is 2.26. The summed E-state index contributed by atoms with van der Waals surface area (Å²) >= 11 is 0. The molecule has 0 aromatic heterocycles. The van der Waals surface area contributed by atoms with Crippen molar-refractivity contribution >= 4 is 21.6 Å². The van der Waals surface area contributed by atoms with E-state index >= 15 is 0 Å². The van der Waals surface area contributed by atoms with Gasteiger partial charge in [0.15, 0.2) is 0 Å². The van der Waals surface area contributed by atoms with Crippen molar-refractivity contribution < 1.29 is 17.9 Å². The average Bonchev–Trinajstić information content (AvgIpc) is 2.68. The minimum Gasteiger partial charge on any atom is -0.457 e. The van der Waals surface area contributed by atoms with Crippen LogP contribution in [0.5, 0.6) is 11.5 Å². The van der Waals surface area contributed by atoms with Gasteiger partial charge in [0.1, 0.15) is 11.5 Å². The molecule has 6 nitrogen and oxygen atoms in total. The molecular formula is C20H24N2O4S. The monoisotopic (exact) mass is 388 g/mol. The number of para-hydroxylation sites is 1. The SMILES string of the molecule is CN(C(=O)[C@@H]1CCCN(S(C)(=O)=O)C1)c1ccc(Oc2ccccc2)cc1. The molecule has 7 heteroatoms. The molecule has 1 fully saturated rings. The first-order chi connectivity index (χ1) is 12.8. The Kier molecular flexibility index (Phi) is 5.82. The first-order valence-electron chi connectivity index (χ1n) is 8.90. The highest BCUT2D eigenvalue weighted by atomic mass is 32.2. The van der Waals surface area contributed by atoms with Crippen molar-refractivity contribution in [2.75, 3.05) is 31.3 Å². The fourth-order valence-corrected chi connectivity index (χ4v) is 4.12. The van der Waals surface area contributed by atoms with Crippen molar-refractivity contribution in [2.45, 2.75) is 12.8 Å². The summed E-state index contributed by atoms with van der Waals surface area (Å²) < 4.78 is 30.7. The number of hydrogen-bond donors (Lipinski definition) is 0. The molecule has 2 aromatic rings. The minimum atomic E-state index is -3.27. The number of carbonyl (C=O) groups excluding carboxylic acids is 1. The third-order valence-corrected chi connectivity index (χ3v) is 6.01. The minimum absolute atomic E-state index is 0.0694. The Morgan fingerprint density at radius 2 is 1.70 bits per heavy atom. The number of anilines is 1. The highest BCUT2D eigenvalue weighted by Gasteiger charge is 2.32. The Hall–Kier alpha value is -2.38. The maximum absolute atomic E-state index is 12.8. The largest absolute Gasteiger partial charge is 0.457 e. The zero-order chi connectivity index (χ0) is 19.4. The maximum Gasteiger partial charge on any atom is 0.231 e. The van der Waals surface area contributed by atoms with E-state index in [9.17, 15) is 13.2 Å². The molecule has 0 unspecified atom stereocenters. The molecule has 0 aliphatic carbocycles. The van der Waals surface area contributed by atoms with Crippen molar-refractivity contribution in [3.8, 4) is 11.5 Å². The topological polar surface area (TPSA) is 66.9 Å². The predicted molar refractivity (Wildman–Crippen MR) is 106 cm³/mol. The highest BCUT2D eigenvalue weighted by molar-refractivity contribution is 7.88. The first-order valence-corrected chi connectivity index (χ1v) is 10.7. The smallest absolute Gasteiger partial charge is 0.231 e. The normalized spacial score (nSPS) is 18.1. The van der Waals surface area contributed by atoms with E-state index in [1.807, 2.05) is 54.6 Å². The molecule has 3 rings (SSSR count). The van der Waals surface area contributed by atoms with Crippen LogP contribution in [0, 0.1) is 5.92 Å². The first kappa shape index (κ1) is 19.4. The number of piperidine rings is 1. The summed E-state index contributed by atoms with van der Waals surface area (Å²) in [5.74, 6) is 1.04. The number of nitrogens with zero attached hydrogens (tertiary/aromatic N) is 2. The van der Waals surface area contributed by atoms with Gasteiger partial charge in [-0.25, -0.2) is 12.7 Å². The van der Waals surface area contributed by atoms with Crippen molar-refractivity contribution in [1.29, 1.82) is 0 Å². The Labute approximate surface area is 160 Å². The number of sulfonamides is 1. The number of hydrogen-bond acceptors (Lipinski definition) is 4. The lowest BCUT2D eigenvalue weighted by Gasteiger charge is -2.32. The summed E-state index contributed by atoms with van der Waals surface area (Å²) in [6.07, 6.45) is 2.58. The Morgan fingerprint density at radius 3 is 2.33 bits per heavy atom. The van der Waals surface area contributed by atoms with Crippen molar-refractivity contribution in [3.63, 3.8) is 0 Å². The molecule has 1 saturated heterocycles. The Balaban J connectivity index is 1.66. The second-order valence-electron chi connectivity index (χ2n) is 6.77. The Bertz CT molecular complexity index is 882. The lowest BCUT2D eigenvalue weighted by molar-refractivity contribution is -0.123. The van der Waals surface area contributed by atoms with E-state index in [-0.39, 0.29) is 18.4 Å². The fraction of sp³-hybridized carbons (Fsp3) is 0.350. The average molecular weight is 388 g/mol. The number of ether oxygens (including phenoxy) is 1. The van der Waals surface area contributed by atoms with Crippen LogP contribution < -0.4 is 9.64 Å². The van der Waals surface area contributed by atoms with Crippen LogP contribution in [0.1, 0.15) is 12.8 Å². The van der Waals surface area contributed by atoms with E-state index in [1.54, 1.807) is 11.9 Å². The summed E-state index contributed by atoms with van der Waals surface area (Å²) in [4.78, 5) is 14.4. The summed E-state index contributed by atoms with van der Waals surface area (Å²) in [6, 6.07) is 16.8. The van der Waals surface area contributed by atoms with Crippen LogP contribution in [0.2, 0.25) is 0 Å². The second kappa shape index (κ2) is 8.10. The zero-order valence-electron chi connectivity index (χ0n) is 15.5. The summed E-state index contributed by atoms with van der Waals surface area (Å²) in [5, 5.41) is 0. The van der Waals surface area contributed by atoms with Gasteiger partial charge in [0.25, 0.3) is 0 Å². The number of rotatable bonds is 5. The molecule has 0 saturated carbocycles.